The maximum Gasteiger partial charge on any atom is 0.221 e. The third kappa shape index (κ3) is 3.13. The molecule has 0 aromatic carbocycles. The van der Waals surface area contributed by atoms with Gasteiger partial charge in [-0.05, 0) is 26.7 Å². The number of nitrogens with one attached hydrogen (secondary N) is 1. The normalized spacial score (nSPS) is 18.1. The van der Waals surface area contributed by atoms with Gasteiger partial charge in [-0.2, -0.15) is 0 Å². The molecule has 0 aliphatic carbocycles. The summed E-state index contributed by atoms with van der Waals surface area (Å²) in [6, 6.07) is 0. The average molecular weight is 266 g/mol. The average Bonchev–Trinajstić information content (AvgIpc) is 2.45. The molecule has 1 aliphatic heterocycles. The standard InChI is InChI=1S/C13H22N4O2/c1-3-19-12-10(2)11(15-9-16-12)17-13(8-14)4-6-18-7-5-13/h9H,3-8,14H2,1-2H3,(H,15,16,17). The molecule has 1 aromatic heterocycles. The van der Waals surface area contributed by atoms with E-state index in [4.69, 9.17) is 15.2 Å². The summed E-state index contributed by atoms with van der Waals surface area (Å²) >= 11 is 0. The van der Waals surface area contributed by atoms with E-state index in [0.29, 0.717) is 19.0 Å². The summed E-state index contributed by atoms with van der Waals surface area (Å²) in [6.45, 7) is 6.50. The van der Waals surface area contributed by atoms with E-state index in [1.165, 1.54) is 6.33 Å². The van der Waals surface area contributed by atoms with E-state index in [9.17, 15) is 0 Å². The SMILES string of the molecule is CCOc1ncnc(NC2(CN)CCOCC2)c1C. The van der Waals surface area contributed by atoms with Crippen LogP contribution in [0.5, 0.6) is 5.88 Å². The molecule has 1 saturated heterocycles. The summed E-state index contributed by atoms with van der Waals surface area (Å²) in [7, 11) is 0. The lowest BCUT2D eigenvalue weighted by Gasteiger charge is -2.37. The smallest absolute Gasteiger partial charge is 0.221 e. The number of anilines is 1. The summed E-state index contributed by atoms with van der Waals surface area (Å²) in [5.41, 5.74) is 6.72. The van der Waals surface area contributed by atoms with E-state index in [0.717, 1.165) is 37.4 Å². The van der Waals surface area contributed by atoms with Gasteiger partial charge in [-0.15, -0.1) is 0 Å². The molecule has 19 heavy (non-hydrogen) atoms. The Bertz CT molecular complexity index is 419. The lowest BCUT2D eigenvalue weighted by molar-refractivity contribution is 0.0626. The highest BCUT2D eigenvalue weighted by Crippen LogP contribution is 2.28. The number of rotatable bonds is 5. The molecule has 0 atom stereocenters. The summed E-state index contributed by atoms with van der Waals surface area (Å²) in [5.74, 6) is 1.42. The van der Waals surface area contributed by atoms with E-state index < -0.39 is 0 Å². The molecule has 0 saturated carbocycles. The van der Waals surface area contributed by atoms with Crippen molar-refractivity contribution in [1.29, 1.82) is 0 Å². The van der Waals surface area contributed by atoms with Gasteiger partial charge in [0.05, 0.1) is 17.7 Å². The Kier molecular flexibility index (Phi) is 4.55. The van der Waals surface area contributed by atoms with Crippen LogP contribution in [0.4, 0.5) is 5.82 Å². The van der Waals surface area contributed by atoms with Crippen LogP contribution in [0.1, 0.15) is 25.3 Å². The van der Waals surface area contributed by atoms with Gasteiger partial charge in [-0.25, -0.2) is 9.97 Å². The van der Waals surface area contributed by atoms with Gasteiger partial charge in [-0.3, -0.25) is 0 Å². The van der Waals surface area contributed by atoms with Gasteiger partial charge in [0.15, 0.2) is 0 Å². The second-order valence-corrected chi connectivity index (χ2v) is 4.81. The van der Waals surface area contributed by atoms with E-state index in [1.807, 2.05) is 13.8 Å². The first kappa shape index (κ1) is 14.0. The molecule has 2 heterocycles. The highest BCUT2D eigenvalue weighted by molar-refractivity contribution is 5.49. The fraction of sp³-hybridized carbons (Fsp3) is 0.692. The zero-order chi connectivity index (χ0) is 13.7. The van der Waals surface area contributed by atoms with Crippen molar-refractivity contribution in [3.05, 3.63) is 11.9 Å². The summed E-state index contributed by atoms with van der Waals surface area (Å²) in [6.07, 6.45) is 3.29. The van der Waals surface area contributed by atoms with Crippen molar-refractivity contribution in [2.75, 3.05) is 31.7 Å². The molecule has 1 aromatic rings. The molecule has 0 spiro atoms. The van der Waals surface area contributed by atoms with E-state index in [1.54, 1.807) is 0 Å². The predicted octanol–water partition coefficient (Wildman–Crippen LogP) is 1.10. The Labute approximate surface area is 113 Å². The number of hydrogen-bond donors (Lipinski definition) is 2. The molecule has 0 bridgehead atoms. The zero-order valence-electron chi connectivity index (χ0n) is 11.6. The van der Waals surface area contributed by atoms with E-state index in [-0.39, 0.29) is 5.54 Å². The van der Waals surface area contributed by atoms with Crippen LogP contribution in [0.15, 0.2) is 6.33 Å². The van der Waals surface area contributed by atoms with Crippen LogP contribution in [0.3, 0.4) is 0 Å². The third-order valence-corrected chi connectivity index (χ3v) is 3.54. The quantitative estimate of drug-likeness (QED) is 0.830. The van der Waals surface area contributed by atoms with Crippen LogP contribution in [-0.2, 0) is 4.74 Å². The van der Waals surface area contributed by atoms with Gasteiger partial charge in [0, 0.05) is 19.8 Å². The van der Waals surface area contributed by atoms with Crippen LogP contribution in [-0.4, -0.2) is 41.9 Å². The molecule has 3 N–H and O–H groups in total. The van der Waals surface area contributed by atoms with E-state index >= 15 is 0 Å². The molecule has 2 rings (SSSR count). The van der Waals surface area contributed by atoms with Crippen LogP contribution in [0.2, 0.25) is 0 Å². The van der Waals surface area contributed by atoms with Crippen molar-refractivity contribution in [3.63, 3.8) is 0 Å². The first-order chi connectivity index (χ1) is 9.21. The van der Waals surface area contributed by atoms with E-state index in [2.05, 4.69) is 15.3 Å². The monoisotopic (exact) mass is 266 g/mol. The molecular formula is C13H22N4O2. The maximum absolute atomic E-state index is 5.94. The van der Waals surface area contributed by atoms with Gasteiger partial charge < -0.3 is 20.5 Å². The Morgan fingerprint density at radius 3 is 2.79 bits per heavy atom. The minimum absolute atomic E-state index is 0.138. The Morgan fingerprint density at radius 1 is 1.42 bits per heavy atom. The first-order valence-corrected chi connectivity index (χ1v) is 6.71. The van der Waals surface area contributed by atoms with Crippen molar-refractivity contribution >= 4 is 5.82 Å². The van der Waals surface area contributed by atoms with Crippen molar-refractivity contribution in [2.45, 2.75) is 32.2 Å². The second kappa shape index (κ2) is 6.16. The molecule has 106 valence electrons. The van der Waals surface area contributed by atoms with Crippen molar-refractivity contribution in [3.8, 4) is 5.88 Å². The number of nitrogens with two attached hydrogens (primary N) is 1. The minimum atomic E-state index is -0.138. The molecule has 1 fully saturated rings. The third-order valence-electron chi connectivity index (χ3n) is 3.54. The molecule has 0 amide bonds. The Morgan fingerprint density at radius 2 is 2.16 bits per heavy atom. The van der Waals surface area contributed by atoms with Crippen molar-refractivity contribution < 1.29 is 9.47 Å². The first-order valence-electron chi connectivity index (χ1n) is 6.71. The van der Waals surface area contributed by atoms with Crippen LogP contribution in [0, 0.1) is 6.92 Å². The maximum atomic E-state index is 5.94. The fourth-order valence-corrected chi connectivity index (χ4v) is 2.24. The zero-order valence-corrected chi connectivity index (χ0v) is 11.6. The molecular weight excluding hydrogens is 244 g/mol. The van der Waals surface area contributed by atoms with Gasteiger partial charge in [-0.1, -0.05) is 0 Å². The lowest BCUT2D eigenvalue weighted by atomic mass is 9.90. The van der Waals surface area contributed by atoms with Crippen molar-refractivity contribution in [1.82, 2.24) is 9.97 Å². The molecule has 6 nitrogen and oxygen atoms in total. The van der Waals surface area contributed by atoms with Gasteiger partial charge in [0.2, 0.25) is 5.88 Å². The summed E-state index contributed by atoms with van der Waals surface area (Å²) < 4.78 is 10.9. The van der Waals surface area contributed by atoms with Crippen LogP contribution >= 0.6 is 0 Å². The topological polar surface area (TPSA) is 82.3 Å². The number of ether oxygens (including phenoxy) is 2. The molecule has 0 radical (unpaired) electrons. The number of hydrogen-bond acceptors (Lipinski definition) is 6. The van der Waals surface area contributed by atoms with Gasteiger partial charge in [0.25, 0.3) is 0 Å². The Balaban J connectivity index is 2.19. The molecule has 0 unspecified atom stereocenters. The molecule has 1 aliphatic rings. The minimum Gasteiger partial charge on any atom is -0.478 e. The second-order valence-electron chi connectivity index (χ2n) is 4.81. The summed E-state index contributed by atoms with van der Waals surface area (Å²) in [5, 5.41) is 3.48. The number of aromatic nitrogens is 2. The predicted molar refractivity (Wildman–Crippen MR) is 73.4 cm³/mol. The number of nitrogens with zero attached hydrogens (tertiary/aromatic N) is 2. The summed E-state index contributed by atoms with van der Waals surface area (Å²) in [4.78, 5) is 8.45. The largest absolute Gasteiger partial charge is 0.478 e. The van der Waals surface area contributed by atoms with Crippen molar-refractivity contribution in [2.24, 2.45) is 5.73 Å². The Hall–Kier alpha value is -1.40. The lowest BCUT2D eigenvalue weighted by Crippen LogP contribution is -2.50. The van der Waals surface area contributed by atoms with Gasteiger partial charge >= 0.3 is 0 Å². The highest BCUT2D eigenvalue weighted by atomic mass is 16.5. The highest BCUT2D eigenvalue weighted by Gasteiger charge is 2.32. The van der Waals surface area contributed by atoms with Crippen LogP contribution in [0.25, 0.3) is 0 Å². The van der Waals surface area contributed by atoms with Gasteiger partial charge in [0.1, 0.15) is 12.1 Å². The molecule has 6 heteroatoms. The fourth-order valence-electron chi connectivity index (χ4n) is 2.24. The van der Waals surface area contributed by atoms with Crippen LogP contribution < -0.4 is 15.8 Å².